The summed E-state index contributed by atoms with van der Waals surface area (Å²) in [7, 11) is -3.39. The summed E-state index contributed by atoms with van der Waals surface area (Å²) in [5.74, 6) is 1.32. The molecule has 2 aliphatic rings. The van der Waals surface area contributed by atoms with Crippen molar-refractivity contribution in [2.75, 3.05) is 31.9 Å². The van der Waals surface area contributed by atoms with Crippen LogP contribution in [-0.4, -0.2) is 60.7 Å². The number of hydrogen-bond acceptors (Lipinski definition) is 4. The molecule has 0 N–H and O–H groups in total. The first-order chi connectivity index (χ1) is 14.0. The van der Waals surface area contributed by atoms with Gasteiger partial charge in [-0.15, -0.1) is 0 Å². The molecule has 1 amide bonds. The largest absolute Gasteiger partial charge is 0.342 e. The summed E-state index contributed by atoms with van der Waals surface area (Å²) >= 11 is 1.96. The van der Waals surface area contributed by atoms with Gasteiger partial charge in [-0.2, -0.15) is 16.1 Å². The van der Waals surface area contributed by atoms with Crippen LogP contribution in [0.4, 0.5) is 0 Å². The smallest absolute Gasteiger partial charge is 0.243 e. The number of amides is 1. The molecule has 0 radical (unpaired) electrons. The van der Waals surface area contributed by atoms with Crippen LogP contribution in [0.2, 0.25) is 0 Å². The first-order valence-corrected chi connectivity index (χ1v) is 13.5. The third-order valence-electron chi connectivity index (χ3n) is 5.89. The van der Waals surface area contributed by atoms with Gasteiger partial charge in [-0.05, 0) is 55.6 Å². The highest BCUT2D eigenvalue weighted by molar-refractivity contribution is 7.99. The molecule has 5 nitrogen and oxygen atoms in total. The Kier molecular flexibility index (Phi) is 8.45. The van der Waals surface area contributed by atoms with Gasteiger partial charge in [-0.25, -0.2) is 8.42 Å². The first-order valence-electron chi connectivity index (χ1n) is 11.0. The molecule has 2 heterocycles. The molecule has 0 aliphatic carbocycles. The topological polar surface area (TPSA) is 57.7 Å². The molecule has 0 bridgehead atoms. The minimum Gasteiger partial charge on any atom is -0.342 e. The molecule has 2 saturated heterocycles. The van der Waals surface area contributed by atoms with Crippen molar-refractivity contribution in [2.24, 2.45) is 0 Å². The van der Waals surface area contributed by atoms with Gasteiger partial charge in [0.05, 0.1) is 4.90 Å². The van der Waals surface area contributed by atoms with Gasteiger partial charge in [0.1, 0.15) is 0 Å². The Bertz CT molecular complexity index is 759. The molecular weight excluding hydrogens is 404 g/mol. The second-order valence-electron chi connectivity index (χ2n) is 8.02. The molecule has 1 aromatic carbocycles. The molecule has 1 unspecified atom stereocenters. The lowest BCUT2D eigenvalue weighted by molar-refractivity contribution is -0.131. The highest BCUT2D eigenvalue weighted by Gasteiger charge is 2.26. The lowest BCUT2D eigenvalue weighted by atomic mass is 10.1. The molecule has 1 aromatic rings. The van der Waals surface area contributed by atoms with Crippen molar-refractivity contribution in [1.29, 1.82) is 0 Å². The maximum atomic E-state index is 12.8. The van der Waals surface area contributed by atoms with E-state index in [9.17, 15) is 13.2 Å². The third-order valence-corrected chi connectivity index (χ3v) is 8.99. The van der Waals surface area contributed by atoms with E-state index in [4.69, 9.17) is 0 Å². The molecule has 3 rings (SSSR count). The van der Waals surface area contributed by atoms with Gasteiger partial charge in [-0.3, -0.25) is 4.79 Å². The minimum absolute atomic E-state index is 0.221. The number of benzene rings is 1. The van der Waals surface area contributed by atoms with E-state index in [0.717, 1.165) is 50.1 Å². The zero-order valence-electron chi connectivity index (χ0n) is 17.5. The molecular formula is C22H34N2O3S2. The fraction of sp³-hybridized carbons (Fsp3) is 0.682. The number of nitrogens with zero attached hydrogens (tertiary/aromatic N) is 2. The number of hydrogen-bond donors (Lipinski definition) is 0. The molecule has 7 heteroatoms. The van der Waals surface area contributed by atoms with Gasteiger partial charge >= 0.3 is 0 Å². The summed E-state index contributed by atoms with van der Waals surface area (Å²) < 4.78 is 27.1. The van der Waals surface area contributed by atoms with Gasteiger partial charge in [0.2, 0.25) is 15.9 Å². The predicted octanol–water partition coefficient (Wildman–Crippen LogP) is 3.93. The van der Waals surface area contributed by atoms with Crippen LogP contribution in [0.15, 0.2) is 29.2 Å². The van der Waals surface area contributed by atoms with Crippen molar-refractivity contribution < 1.29 is 13.2 Å². The quantitative estimate of drug-likeness (QED) is 0.647. The number of carbonyl (C=O) groups excluding carboxylic acids is 1. The summed E-state index contributed by atoms with van der Waals surface area (Å²) in [6.45, 7) is 5.14. The normalized spacial score (nSPS) is 21.7. The molecule has 0 saturated carbocycles. The van der Waals surface area contributed by atoms with Crippen molar-refractivity contribution in [2.45, 2.75) is 68.4 Å². The Morgan fingerprint density at radius 1 is 1.03 bits per heavy atom. The second kappa shape index (κ2) is 10.8. The number of sulfonamides is 1. The number of thioether (sulfide) groups is 1. The van der Waals surface area contributed by atoms with Crippen LogP contribution in [-0.2, 0) is 21.2 Å². The van der Waals surface area contributed by atoms with Crippen LogP contribution in [0.3, 0.4) is 0 Å². The lowest BCUT2D eigenvalue weighted by Gasteiger charge is -2.26. The zero-order valence-corrected chi connectivity index (χ0v) is 19.1. The SMILES string of the molecule is CCSC1CCCCN(C(=O)CCc2ccc(S(=O)(=O)N3CCCCC3)cc2)C1. The van der Waals surface area contributed by atoms with E-state index in [1.165, 1.54) is 12.8 Å². The molecule has 2 fully saturated rings. The van der Waals surface area contributed by atoms with Crippen LogP contribution in [0, 0.1) is 0 Å². The Balaban J connectivity index is 1.55. The highest BCUT2D eigenvalue weighted by Crippen LogP contribution is 2.23. The molecule has 162 valence electrons. The van der Waals surface area contributed by atoms with E-state index < -0.39 is 10.0 Å². The molecule has 2 aliphatic heterocycles. The van der Waals surface area contributed by atoms with E-state index in [2.05, 4.69) is 6.92 Å². The molecule has 29 heavy (non-hydrogen) atoms. The van der Waals surface area contributed by atoms with E-state index in [-0.39, 0.29) is 5.91 Å². The molecule has 0 spiro atoms. The highest BCUT2D eigenvalue weighted by atomic mass is 32.2. The van der Waals surface area contributed by atoms with E-state index >= 15 is 0 Å². The Morgan fingerprint density at radius 2 is 1.72 bits per heavy atom. The Morgan fingerprint density at radius 3 is 2.41 bits per heavy atom. The van der Waals surface area contributed by atoms with Crippen LogP contribution in [0.1, 0.15) is 57.4 Å². The van der Waals surface area contributed by atoms with E-state index in [1.807, 2.05) is 28.8 Å². The van der Waals surface area contributed by atoms with Crippen LogP contribution >= 0.6 is 11.8 Å². The maximum Gasteiger partial charge on any atom is 0.243 e. The maximum absolute atomic E-state index is 12.8. The zero-order chi connectivity index (χ0) is 20.7. The number of rotatable bonds is 7. The minimum atomic E-state index is -3.39. The van der Waals surface area contributed by atoms with Crippen molar-refractivity contribution in [3.05, 3.63) is 29.8 Å². The lowest BCUT2D eigenvalue weighted by Crippen LogP contribution is -2.35. The third kappa shape index (κ3) is 6.22. The number of piperidine rings is 1. The Labute approximate surface area is 180 Å². The summed E-state index contributed by atoms with van der Waals surface area (Å²) in [5, 5.41) is 0.561. The fourth-order valence-electron chi connectivity index (χ4n) is 4.19. The van der Waals surface area contributed by atoms with Crippen molar-refractivity contribution in [3.63, 3.8) is 0 Å². The van der Waals surface area contributed by atoms with Crippen LogP contribution < -0.4 is 0 Å². The van der Waals surface area contributed by atoms with E-state index in [0.29, 0.717) is 36.1 Å². The summed E-state index contributed by atoms with van der Waals surface area (Å²) in [6, 6.07) is 7.12. The summed E-state index contributed by atoms with van der Waals surface area (Å²) in [4.78, 5) is 15.1. The van der Waals surface area contributed by atoms with Crippen molar-refractivity contribution >= 4 is 27.7 Å². The summed E-state index contributed by atoms with van der Waals surface area (Å²) in [5.41, 5.74) is 1.02. The van der Waals surface area contributed by atoms with E-state index in [1.54, 1.807) is 16.4 Å². The Hall–Kier alpha value is -1.05. The van der Waals surface area contributed by atoms with Crippen molar-refractivity contribution in [1.82, 2.24) is 9.21 Å². The van der Waals surface area contributed by atoms with Gasteiger partial charge < -0.3 is 4.90 Å². The van der Waals surface area contributed by atoms with Crippen molar-refractivity contribution in [3.8, 4) is 0 Å². The molecule has 0 aromatic heterocycles. The number of carbonyl (C=O) groups is 1. The number of aryl methyl sites for hydroxylation is 1. The first kappa shape index (κ1) is 22.6. The van der Waals surface area contributed by atoms with Gasteiger partial charge in [0.15, 0.2) is 0 Å². The van der Waals surface area contributed by atoms with Gasteiger partial charge in [0.25, 0.3) is 0 Å². The van der Waals surface area contributed by atoms with Crippen LogP contribution in [0.25, 0.3) is 0 Å². The van der Waals surface area contributed by atoms with Gasteiger partial charge in [-0.1, -0.05) is 31.9 Å². The monoisotopic (exact) mass is 438 g/mol. The number of likely N-dealkylation sites (tertiary alicyclic amines) is 1. The average Bonchev–Trinajstić information content (AvgIpc) is 2.99. The standard InChI is InChI=1S/C22H34N2O3S2/c1-2-28-20-8-4-7-15-23(18-20)22(25)14-11-19-9-12-21(13-10-19)29(26,27)24-16-5-3-6-17-24/h9-10,12-13,20H,2-8,11,14-18H2,1H3. The summed E-state index contributed by atoms with van der Waals surface area (Å²) in [6.07, 6.45) is 7.63. The second-order valence-corrected chi connectivity index (χ2v) is 11.5. The fourth-order valence-corrected chi connectivity index (χ4v) is 6.80. The van der Waals surface area contributed by atoms with Crippen LogP contribution in [0.5, 0.6) is 0 Å². The van der Waals surface area contributed by atoms with Gasteiger partial charge in [0, 0.05) is 37.8 Å². The molecule has 1 atom stereocenters. The average molecular weight is 439 g/mol. The predicted molar refractivity (Wildman–Crippen MR) is 120 cm³/mol.